The normalized spacial score (nSPS) is 12.4. The topological polar surface area (TPSA) is 163 Å². The summed E-state index contributed by atoms with van der Waals surface area (Å²) in [5.41, 5.74) is 2.97. The number of hydrogen-bond acceptors (Lipinski definition) is 10. The van der Waals surface area contributed by atoms with Gasteiger partial charge in [0, 0.05) is 58.6 Å². The standard InChI is InChI=1S/2C27H33NO5.CH4/c2*1-6-23(29)28-18-14-20-25(22(15-18)33-13-11-17(4)5)27(31)24-19(26(20)30)8-7-9-21(24)32-12-10-16(2)3;/h2*7-9,14-17H,6,10-13H2,1-5H3,(H,28,29);1H4. The summed E-state index contributed by atoms with van der Waals surface area (Å²) in [6, 6.07) is 16.6. The van der Waals surface area contributed by atoms with Crippen molar-refractivity contribution in [1.82, 2.24) is 0 Å². The zero-order chi connectivity index (χ0) is 48.2. The molecule has 12 heteroatoms. The highest BCUT2D eigenvalue weighted by Gasteiger charge is 2.37. The van der Waals surface area contributed by atoms with Gasteiger partial charge in [-0.1, -0.05) is 101 Å². The second-order valence-electron chi connectivity index (χ2n) is 18.4. The van der Waals surface area contributed by atoms with Crippen LogP contribution in [0.25, 0.3) is 0 Å². The molecule has 0 radical (unpaired) electrons. The number of benzene rings is 4. The van der Waals surface area contributed by atoms with E-state index in [-0.39, 0.29) is 75.8 Å². The molecule has 360 valence electrons. The Morgan fingerprint density at radius 2 is 0.731 bits per heavy atom. The lowest BCUT2D eigenvalue weighted by molar-refractivity contribution is -0.116. The van der Waals surface area contributed by atoms with Crippen molar-refractivity contribution in [2.75, 3.05) is 37.1 Å². The molecule has 0 bridgehead atoms. The Hall–Kier alpha value is -6.30. The molecule has 0 heterocycles. The molecule has 2 aliphatic rings. The van der Waals surface area contributed by atoms with Gasteiger partial charge in [0.05, 0.1) is 48.7 Å². The molecule has 6 rings (SSSR count). The Morgan fingerprint density at radius 3 is 1.03 bits per heavy atom. The lowest BCUT2D eigenvalue weighted by atomic mass is 9.82. The fourth-order valence-corrected chi connectivity index (χ4v) is 7.24. The van der Waals surface area contributed by atoms with Gasteiger partial charge < -0.3 is 29.6 Å². The van der Waals surface area contributed by atoms with Crippen LogP contribution in [0.2, 0.25) is 0 Å². The van der Waals surface area contributed by atoms with Gasteiger partial charge >= 0.3 is 0 Å². The smallest absolute Gasteiger partial charge is 0.224 e. The number of amides is 2. The van der Waals surface area contributed by atoms with Crippen molar-refractivity contribution in [3.8, 4) is 23.0 Å². The first-order chi connectivity index (χ1) is 31.4. The summed E-state index contributed by atoms with van der Waals surface area (Å²) in [6.07, 6.45) is 3.87. The van der Waals surface area contributed by atoms with Crippen LogP contribution in [0.3, 0.4) is 0 Å². The van der Waals surface area contributed by atoms with Crippen molar-refractivity contribution in [3.05, 3.63) is 105 Å². The van der Waals surface area contributed by atoms with Gasteiger partial charge in [0.15, 0.2) is 11.6 Å². The SMILES string of the molecule is C.CCC(=O)Nc1cc(OCCC(C)C)c2c(c1)C(=O)c1cccc(OCCC(C)C)c1C2=O.CCC(=O)Nc1cc(OCCC(C)C)c2c(c1)C(=O)c1cccc(OCCC(C)C)c1C2=O. The van der Waals surface area contributed by atoms with Crippen molar-refractivity contribution in [2.24, 2.45) is 23.7 Å². The van der Waals surface area contributed by atoms with E-state index in [4.69, 9.17) is 18.9 Å². The lowest BCUT2D eigenvalue weighted by Gasteiger charge is -2.23. The van der Waals surface area contributed by atoms with Crippen molar-refractivity contribution >= 4 is 46.3 Å². The molecule has 2 N–H and O–H groups in total. The highest BCUT2D eigenvalue weighted by molar-refractivity contribution is 6.31. The summed E-state index contributed by atoms with van der Waals surface area (Å²) in [7, 11) is 0. The van der Waals surface area contributed by atoms with Crippen molar-refractivity contribution in [1.29, 1.82) is 0 Å². The van der Waals surface area contributed by atoms with E-state index in [1.165, 1.54) is 0 Å². The number of carbonyl (C=O) groups is 6. The Morgan fingerprint density at radius 1 is 0.433 bits per heavy atom. The minimum atomic E-state index is -0.298. The van der Waals surface area contributed by atoms with Gasteiger partial charge in [0.2, 0.25) is 23.4 Å². The van der Waals surface area contributed by atoms with E-state index in [0.717, 1.165) is 25.7 Å². The second-order valence-corrected chi connectivity index (χ2v) is 18.4. The van der Waals surface area contributed by atoms with Crippen LogP contribution in [0.4, 0.5) is 11.4 Å². The number of anilines is 2. The van der Waals surface area contributed by atoms with E-state index in [2.05, 4.69) is 66.0 Å². The monoisotopic (exact) mass is 919 g/mol. The quantitative estimate of drug-likeness (QED) is 0.0753. The highest BCUT2D eigenvalue weighted by Crippen LogP contribution is 2.41. The molecule has 0 fully saturated rings. The summed E-state index contributed by atoms with van der Waals surface area (Å²) < 4.78 is 23.8. The Balaban J connectivity index is 0.000000288. The Bertz CT molecular complexity index is 2280. The predicted octanol–water partition coefficient (Wildman–Crippen LogP) is 12.0. The van der Waals surface area contributed by atoms with Crippen molar-refractivity contribution in [3.63, 3.8) is 0 Å². The largest absolute Gasteiger partial charge is 0.493 e. The van der Waals surface area contributed by atoms with Crippen LogP contribution in [0.1, 0.15) is 179 Å². The van der Waals surface area contributed by atoms with Gasteiger partial charge in [-0.2, -0.15) is 0 Å². The number of carbonyl (C=O) groups excluding carboxylic acids is 6. The molecule has 4 aromatic rings. The molecule has 0 aliphatic heterocycles. The lowest BCUT2D eigenvalue weighted by Crippen LogP contribution is -2.24. The second kappa shape index (κ2) is 24.5. The van der Waals surface area contributed by atoms with Gasteiger partial charge in [0.25, 0.3) is 0 Å². The summed E-state index contributed by atoms with van der Waals surface area (Å²) in [6.45, 7) is 22.0. The molecule has 4 aromatic carbocycles. The Kier molecular flexibility index (Phi) is 19.5. The first-order valence-corrected chi connectivity index (χ1v) is 23.4. The average molecular weight is 919 g/mol. The number of rotatable bonds is 20. The van der Waals surface area contributed by atoms with Gasteiger partial charge in [-0.25, -0.2) is 0 Å². The molecule has 2 amide bonds. The zero-order valence-corrected chi connectivity index (χ0v) is 40.2. The fraction of sp³-hybridized carbons (Fsp3) is 0.455. The van der Waals surface area contributed by atoms with Gasteiger partial charge in [0.1, 0.15) is 23.0 Å². The number of ether oxygens (including phenoxy) is 4. The third-order valence-electron chi connectivity index (χ3n) is 11.2. The van der Waals surface area contributed by atoms with Crippen molar-refractivity contribution < 1.29 is 47.7 Å². The van der Waals surface area contributed by atoms with Crippen LogP contribution in [-0.4, -0.2) is 61.4 Å². The number of nitrogens with one attached hydrogen (secondary N) is 2. The van der Waals surface area contributed by atoms with Gasteiger partial charge in [-0.05, 0) is 73.6 Å². The summed E-state index contributed by atoms with van der Waals surface area (Å²) >= 11 is 0. The molecular formula is C55H70N2O10. The molecular weight excluding hydrogens is 849 g/mol. The molecule has 0 spiro atoms. The first kappa shape index (κ1) is 53.3. The van der Waals surface area contributed by atoms with Gasteiger partial charge in [-0.15, -0.1) is 0 Å². The summed E-state index contributed by atoms with van der Waals surface area (Å²) in [5.74, 6) is 1.66. The number of ketones is 4. The summed E-state index contributed by atoms with van der Waals surface area (Å²) in [5, 5.41) is 5.57. The van der Waals surface area contributed by atoms with Crippen LogP contribution in [0.15, 0.2) is 60.7 Å². The van der Waals surface area contributed by atoms with E-state index < -0.39 is 0 Å². The van der Waals surface area contributed by atoms with Crippen molar-refractivity contribution in [2.45, 2.75) is 115 Å². The minimum absolute atomic E-state index is 0. The Labute approximate surface area is 396 Å². The van der Waals surface area contributed by atoms with Crippen LogP contribution < -0.4 is 29.6 Å². The van der Waals surface area contributed by atoms with Crippen LogP contribution in [0.5, 0.6) is 23.0 Å². The van der Waals surface area contributed by atoms with E-state index in [1.807, 2.05) is 0 Å². The molecule has 2 aliphatic carbocycles. The molecule has 0 atom stereocenters. The van der Waals surface area contributed by atoms with Crippen LogP contribution in [0, 0.1) is 23.7 Å². The number of fused-ring (bicyclic) bond motifs is 4. The maximum absolute atomic E-state index is 13.7. The molecule has 12 nitrogen and oxygen atoms in total. The first-order valence-electron chi connectivity index (χ1n) is 23.4. The molecule has 0 saturated heterocycles. The van der Waals surface area contributed by atoms with E-state index >= 15 is 0 Å². The zero-order valence-electron chi connectivity index (χ0n) is 40.2. The maximum atomic E-state index is 13.7. The molecule has 0 saturated carbocycles. The third-order valence-corrected chi connectivity index (χ3v) is 11.2. The highest BCUT2D eigenvalue weighted by atomic mass is 16.5. The maximum Gasteiger partial charge on any atom is 0.224 e. The average Bonchev–Trinajstić information content (AvgIpc) is 3.26. The van der Waals surface area contributed by atoms with Crippen LogP contribution in [-0.2, 0) is 9.59 Å². The molecule has 67 heavy (non-hydrogen) atoms. The fourth-order valence-electron chi connectivity index (χ4n) is 7.24. The molecule has 0 unspecified atom stereocenters. The third kappa shape index (κ3) is 13.4. The van der Waals surface area contributed by atoms with E-state index in [9.17, 15) is 28.8 Å². The van der Waals surface area contributed by atoms with Crippen LogP contribution >= 0.6 is 0 Å². The molecule has 0 aromatic heterocycles. The number of hydrogen-bond donors (Lipinski definition) is 2. The minimum Gasteiger partial charge on any atom is -0.493 e. The van der Waals surface area contributed by atoms with Gasteiger partial charge in [-0.3, -0.25) is 28.8 Å². The van der Waals surface area contributed by atoms with E-state index in [1.54, 1.807) is 74.5 Å². The summed E-state index contributed by atoms with van der Waals surface area (Å²) in [4.78, 5) is 78.2. The predicted molar refractivity (Wildman–Crippen MR) is 264 cm³/mol. The van der Waals surface area contributed by atoms with E-state index in [0.29, 0.717) is 108 Å².